The van der Waals surface area contributed by atoms with Gasteiger partial charge in [0.05, 0.1) is 6.61 Å². The van der Waals surface area contributed by atoms with Gasteiger partial charge in [0.15, 0.2) is 0 Å². The van der Waals surface area contributed by atoms with Crippen molar-refractivity contribution in [3.05, 3.63) is 29.8 Å². The van der Waals surface area contributed by atoms with Crippen LogP contribution in [0.25, 0.3) is 0 Å². The molecular weight excluding hydrogens is 148 g/mol. The second kappa shape index (κ2) is 1.85. The zero-order valence-corrected chi connectivity index (χ0v) is 7.21. The first kappa shape index (κ1) is 6.53. The Labute approximate surface area is 72.4 Å². The van der Waals surface area contributed by atoms with Crippen molar-refractivity contribution in [2.45, 2.75) is 19.3 Å². The summed E-state index contributed by atoms with van der Waals surface area (Å²) >= 11 is 0. The van der Waals surface area contributed by atoms with Gasteiger partial charge in [0, 0.05) is 5.41 Å². The molecule has 2 unspecified atom stereocenters. The van der Waals surface area contributed by atoms with E-state index in [-0.39, 0.29) is 0 Å². The van der Waals surface area contributed by atoms with Gasteiger partial charge in [-0.15, -0.1) is 0 Å². The largest absolute Gasteiger partial charge is 0.493 e. The van der Waals surface area contributed by atoms with E-state index < -0.39 is 0 Å². The van der Waals surface area contributed by atoms with Gasteiger partial charge in [-0.25, -0.2) is 0 Å². The SMILES string of the molecule is CC12COc3ccccc3C1C2. The first-order valence-electron chi connectivity index (χ1n) is 4.51. The van der Waals surface area contributed by atoms with E-state index in [0.717, 1.165) is 18.3 Å². The Kier molecular flexibility index (Phi) is 1.00. The van der Waals surface area contributed by atoms with E-state index in [1.807, 2.05) is 6.07 Å². The minimum Gasteiger partial charge on any atom is -0.493 e. The number of para-hydroxylation sites is 1. The number of benzene rings is 1. The van der Waals surface area contributed by atoms with E-state index in [4.69, 9.17) is 4.74 Å². The number of fused-ring (bicyclic) bond motifs is 3. The molecule has 0 N–H and O–H groups in total. The first-order valence-corrected chi connectivity index (χ1v) is 4.51. The van der Waals surface area contributed by atoms with Crippen molar-refractivity contribution in [2.75, 3.05) is 6.61 Å². The highest BCUT2D eigenvalue weighted by Crippen LogP contribution is 2.63. The van der Waals surface area contributed by atoms with E-state index >= 15 is 0 Å². The fourth-order valence-electron chi connectivity index (χ4n) is 2.19. The van der Waals surface area contributed by atoms with Gasteiger partial charge in [-0.1, -0.05) is 25.1 Å². The van der Waals surface area contributed by atoms with Crippen LogP contribution in [0.5, 0.6) is 5.75 Å². The molecule has 62 valence electrons. The molecule has 1 aliphatic carbocycles. The van der Waals surface area contributed by atoms with Crippen LogP contribution in [-0.4, -0.2) is 6.61 Å². The van der Waals surface area contributed by atoms with Gasteiger partial charge in [-0.05, 0) is 24.0 Å². The monoisotopic (exact) mass is 160 g/mol. The highest BCUT2D eigenvalue weighted by molar-refractivity contribution is 5.43. The standard InChI is InChI=1S/C11H12O/c1-11-6-9(11)8-4-2-3-5-10(8)12-7-11/h2-5,9H,6-7H2,1H3. The molecule has 12 heavy (non-hydrogen) atoms. The summed E-state index contributed by atoms with van der Waals surface area (Å²) in [5, 5.41) is 0. The van der Waals surface area contributed by atoms with Crippen LogP contribution in [-0.2, 0) is 0 Å². The van der Waals surface area contributed by atoms with Gasteiger partial charge >= 0.3 is 0 Å². The molecule has 1 heterocycles. The molecule has 1 aromatic rings. The molecular formula is C11H12O. The maximum Gasteiger partial charge on any atom is 0.122 e. The summed E-state index contributed by atoms with van der Waals surface area (Å²) in [4.78, 5) is 0. The number of rotatable bonds is 0. The fourth-order valence-corrected chi connectivity index (χ4v) is 2.19. The van der Waals surface area contributed by atoms with Crippen molar-refractivity contribution in [3.8, 4) is 5.75 Å². The van der Waals surface area contributed by atoms with Gasteiger partial charge in [0.1, 0.15) is 5.75 Å². The maximum atomic E-state index is 5.68. The van der Waals surface area contributed by atoms with Gasteiger partial charge in [-0.2, -0.15) is 0 Å². The molecule has 1 heteroatoms. The van der Waals surface area contributed by atoms with E-state index in [9.17, 15) is 0 Å². The second-order valence-corrected chi connectivity index (χ2v) is 4.24. The summed E-state index contributed by atoms with van der Waals surface area (Å²) in [6, 6.07) is 8.42. The van der Waals surface area contributed by atoms with Gasteiger partial charge < -0.3 is 4.74 Å². The second-order valence-electron chi connectivity index (χ2n) is 4.24. The molecule has 1 saturated carbocycles. The Morgan fingerprint density at radius 3 is 3.17 bits per heavy atom. The fraction of sp³-hybridized carbons (Fsp3) is 0.455. The van der Waals surface area contributed by atoms with Crippen LogP contribution in [0.2, 0.25) is 0 Å². The van der Waals surface area contributed by atoms with Crippen LogP contribution >= 0.6 is 0 Å². The summed E-state index contributed by atoms with van der Waals surface area (Å²) in [5.74, 6) is 1.89. The smallest absolute Gasteiger partial charge is 0.122 e. The zero-order chi connectivity index (χ0) is 8.18. The third kappa shape index (κ3) is 0.689. The van der Waals surface area contributed by atoms with Crippen LogP contribution in [0.4, 0.5) is 0 Å². The van der Waals surface area contributed by atoms with Gasteiger partial charge in [0.25, 0.3) is 0 Å². The Balaban J connectivity index is 2.12. The molecule has 1 aromatic carbocycles. The highest BCUT2D eigenvalue weighted by atomic mass is 16.5. The molecule has 0 amide bonds. The maximum absolute atomic E-state index is 5.68. The molecule has 3 rings (SSSR count). The molecule has 1 nitrogen and oxygen atoms in total. The lowest BCUT2D eigenvalue weighted by molar-refractivity contribution is 0.223. The molecule has 1 fully saturated rings. The summed E-state index contributed by atoms with van der Waals surface area (Å²) in [5.41, 5.74) is 1.89. The molecule has 2 aliphatic rings. The van der Waals surface area contributed by atoms with Crippen LogP contribution in [0.3, 0.4) is 0 Å². The van der Waals surface area contributed by atoms with Crippen molar-refractivity contribution in [3.63, 3.8) is 0 Å². The minimum atomic E-state index is 0.467. The van der Waals surface area contributed by atoms with Crippen molar-refractivity contribution >= 4 is 0 Å². The minimum absolute atomic E-state index is 0.467. The number of hydrogen-bond donors (Lipinski definition) is 0. The Morgan fingerprint density at radius 2 is 2.25 bits per heavy atom. The molecule has 0 radical (unpaired) electrons. The Bertz CT molecular complexity index is 332. The third-order valence-electron chi connectivity index (χ3n) is 3.20. The average molecular weight is 160 g/mol. The quantitative estimate of drug-likeness (QED) is 0.566. The van der Waals surface area contributed by atoms with E-state index in [1.54, 1.807) is 0 Å². The van der Waals surface area contributed by atoms with Gasteiger partial charge in [0.2, 0.25) is 0 Å². The van der Waals surface area contributed by atoms with Crippen molar-refractivity contribution in [2.24, 2.45) is 5.41 Å². The topological polar surface area (TPSA) is 9.23 Å². The molecule has 1 aliphatic heterocycles. The van der Waals surface area contributed by atoms with Crippen LogP contribution in [0.1, 0.15) is 24.8 Å². The Morgan fingerprint density at radius 1 is 1.42 bits per heavy atom. The summed E-state index contributed by atoms with van der Waals surface area (Å²) in [6.45, 7) is 3.22. The lowest BCUT2D eigenvalue weighted by Crippen LogP contribution is -2.16. The predicted octanol–water partition coefficient (Wildman–Crippen LogP) is 2.57. The molecule has 0 bridgehead atoms. The lowest BCUT2D eigenvalue weighted by Gasteiger charge is -2.21. The average Bonchev–Trinajstić information content (AvgIpc) is 2.78. The van der Waals surface area contributed by atoms with Crippen molar-refractivity contribution in [1.82, 2.24) is 0 Å². The normalized spacial score (nSPS) is 36.2. The highest BCUT2D eigenvalue weighted by Gasteiger charge is 2.54. The third-order valence-corrected chi connectivity index (χ3v) is 3.20. The zero-order valence-electron chi connectivity index (χ0n) is 7.21. The molecule has 0 spiro atoms. The van der Waals surface area contributed by atoms with E-state index in [1.165, 1.54) is 12.0 Å². The molecule has 2 atom stereocenters. The lowest BCUT2D eigenvalue weighted by atomic mass is 9.99. The van der Waals surface area contributed by atoms with Crippen LogP contribution in [0, 0.1) is 5.41 Å². The van der Waals surface area contributed by atoms with E-state index in [2.05, 4.69) is 25.1 Å². The van der Waals surface area contributed by atoms with E-state index in [0.29, 0.717) is 5.41 Å². The van der Waals surface area contributed by atoms with Crippen LogP contribution < -0.4 is 4.74 Å². The number of hydrogen-bond acceptors (Lipinski definition) is 1. The predicted molar refractivity (Wildman–Crippen MR) is 47.4 cm³/mol. The van der Waals surface area contributed by atoms with Crippen LogP contribution in [0.15, 0.2) is 24.3 Å². The summed E-state index contributed by atoms with van der Waals surface area (Å²) < 4.78 is 5.68. The van der Waals surface area contributed by atoms with Crippen molar-refractivity contribution < 1.29 is 4.74 Å². The Hall–Kier alpha value is -0.980. The summed E-state index contributed by atoms with van der Waals surface area (Å²) in [7, 11) is 0. The molecule has 0 saturated heterocycles. The van der Waals surface area contributed by atoms with Gasteiger partial charge in [-0.3, -0.25) is 0 Å². The molecule has 0 aromatic heterocycles. The van der Waals surface area contributed by atoms with Crippen molar-refractivity contribution in [1.29, 1.82) is 0 Å². The summed E-state index contributed by atoms with van der Waals surface area (Å²) in [6.07, 6.45) is 1.31. The number of ether oxygens (including phenoxy) is 1. The first-order chi connectivity index (χ1) is 5.80.